The molecule has 1 saturated carbocycles. The fourth-order valence-corrected chi connectivity index (χ4v) is 1.93. The molecule has 15 heavy (non-hydrogen) atoms. The van der Waals surface area contributed by atoms with Crippen molar-refractivity contribution in [1.82, 2.24) is 0 Å². The fraction of sp³-hybridized carbons (Fsp3) is 0.500. The number of benzene rings is 1. The van der Waals surface area contributed by atoms with Gasteiger partial charge in [0.05, 0.1) is 5.60 Å². The van der Waals surface area contributed by atoms with Crippen LogP contribution < -0.4 is 4.74 Å². The second-order valence-electron chi connectivity index (χ2n) is 4.17. The SMILES string of the molecule is OC1(COc2ccc(F)cc2)CCCC1. The highest BCUT2D eigenvalue weighted by molar-refractivity contribution is 5.22. The molecule has 0 heterocycles. The van der Waals surface area contributed by atoms with Crippen LogP contribution in [0.15, 0.2) is 24.3 Å². The molecule has 82 valence electrons. The zero-order chi connectivity index (χ0) is 10.7. The average Bonchev–Trinajstić information content (AvgIpc) is 2.65. The van der Waals surface area contributed by atoms with Crippen molar-refractivity contribution in [3.05, 3.63) is 30.1 Å². The van der Waals surface area contributed by atoms with Crippen LogP contribution in [-0.2, 0) is 0 Å². The van der Waals surface area contributed by atoms with Crippen LogP contribution in [0.1, 0.15) is 25.7 Å². The van der Waals surface area contributed by atoms with Crippen molar-refractivity contribution >= 4 is 0 Å². The summed E-state index contributed by atoms with van der Waals surface area (Å²) in [6, 6.07) is 5.86. The predicted octanol–water partition coefficient (Wildman–Crippen LogP) is 2.51. The van der Waals surface area contributed by atoms with E-state index in [1.165, 1.54) is 12.1 Å². The fourth-order valence-electron chi connectivity index (χ4n) is 1.93. The van der Waals surface area contributed by atoms with Gasteiger partial charge in [0, 0.05) is 0 Å². The van der Waals surface area contributed by atoms with Crippen LogP contribution in [0.25, 0.3) is 0 Å². The van der Waals surface area contributed by atoms with Crippen molar-refractivity contribution < 1.29 is 14.2 Å². The van der Waals surface area contributed by atoms with Gasteiger partial charge in [0.1, 0.15) is 18.2 Å². The maximum Gasteiger partial charge on any atom is 0.123 e. The quantitative estimate of drug-likeness (QED) is 0.830. The zero-order valence-electron chi connectivity index (χ0n) is 8.58. The minimum atomic E-state index is -0.672. The summed E-state index contributed by atoms with van der Waals surface area (Å²) >= 11 is 0. The number of halogens is 1. The Morgan fingerprint density at radius 3 is 2.40 bits per heavy atom. The van der Waals surface area contributed by atoms with Gasteiger partial charge in [0.25, 0.3) is 0 Å². The summed E-state index contributed by atoms with van der Waals surface area (Å²) in [5, 5.41) is 10.0. The normalized spacial score (nSPS) is 19.1. The van der Waals surface area contributed by atoms with E-state index in [4.69, 9.17) is 4.74 Å². The van der Waals surface area contributed by atoms with Crippen LogP contribution in [0.2, 0.25) is 0 Å². The molecule has 2 nitrogen and oxygen atoms in total. The first-order valence-corrected chi connectivity index (χ1v) is 5.29. The molecule has 0 bridgehead atoms. The first-order valence-electron chi connectivity index (χ1n) is 5.29. The van der Waals surface area contributed by atoms with Crippen molar-refractivity contribution in [1.29, 1.82) is 0 Å². The van der Waals surface area contributed by atoms with E-state index in [2.05, 4.69) is 0 Å². The Hall–Kier alpha value is -1.09. The molecule has 1 aromatic rings. The van der Waals surface area contributed by atoms with Gasteiger partial charge in [-0.25, -0.2) is 4.39 Å². The number of hydrogen-bond donors (Lipinski definition) is 1. The second-order valence-corrected chi connectivity index (χ2v) is 4.17. The van der Waals surface area contributed by atoms with Gasteiger partial charge in [-0.05, 0) is 37.1 Å². The molecule has 0 amide bonds. The maximum absolute atomic E-state index is 12.6. The first-order chi connectivity index (χ1) is 7.18. The van der Waals surface area contributed by atoms with E-state index in [1.54, 1.807) is 12.1 Å². The molecule has 1 aromatic carbocycles. The Bertz CT molecular complexity index is 315. The molecule has 1 fully saturated rings. The van der Waals surface area contributed by atoms with Gasteiger partial charge in [-0.15, -0.1) is 0 Å². The molecule has 0 aromatic heterocycles. The third kappa shape index (κ3) is 2.69. The molecule has 1 aliphatic carbocycles. The maximum atomic E-state index is 12.6. The van der Waals surface area contributed by atoms with Crippen molar-refractivity contribution in [2.45, 2.75) is 31.3 Å². The third-order valence-electron chi connectivity index (χ3n) is 2.86. The summed E-state index contributed by atoms with van der Waals surface area (Å²) in [6.07, 6.45) is 3.72. The smallest absolute Gasteiger partial charge is 0.123 e. The van der Waals surface area contributed by atoms with E-state index in [-0.39, 0.29) is 5.82 Å². The Labute approximate surface area is 88.7 Å². The highest BCUT2D eigenvalue weighted by Gasteiger charge is 2.31. The van der Waals surface area contributed by atoms with E-state index in [9.17, 15) is 9.50 Å². The van der Waals surface area contributed by atoms with E-state index in [1.807, 2.05) is 0 Å². The Morgan fingerprint density at radius 2 is 1.80 bits per heavy atom. The molecule has 0 aliphatic heterocycles. The minimum Gasteiger partial charge on any atom is -0.491 e. The molecule has 3 heteroatoms. The van der Waals surface area contributed by atoms with Crippen LogP contribution in [0.5, 0.6) is 5.75 Å². The number of ether oxygens (including phenoxy) is 1. The molecule has 0 radical (unpaired) electrons. The van der Waals surface area contributed by atoms with Gasteiger partial charge in [0.15, 0.2) is 0 Å². The molecule has 0 spiro atoms. The summed E-state index contributed by atoms with van der Waals surface area (Å²) in [4.78, 5) is 0. The molecule has 1 aliphatic rings. The van der Waals surface area contributed by atoms with E-state index >= 15 is 0 Å². The zero-order valence-corrected chi connectivity index (χ0v) is 8.58. The van der Waals surface area contributed by atoms with E-state index < -0.39 is 5.60 Å². The third-order valence-corrected chi connectivity index (χ3v) is 2.86. The summed E-state index contributed by atoms with van der Waals surface area (Å²) in [5.41, 5.74) is -0.672. The highest BCUT2D eigenvalue weighted by Crippen LogP contribution is 2.30. The summed E-state index contributed by atoms with van der Waals surface area (Å²) in [7, 11) is 0. The van der Waals surface area contributed by atoms with Gasteiger partial charge in [-0.1, -0.05) is 12.8 Å². The predicted molar refractivity (Wildman–Crippen MR) is 55.3 cm³/mol. The molecule has 0 atom stereocenters. The molecule has 0 saturated heterocycles. The van der Waals surface area contributed by atoms with Crippen LogP contribution in [-0.4, -0.2) is 17.3 Å². The lowest BCUT2D eigenvalue weighted by Gasteiger charge is -2.22. The van der Waals surface area contributed by atoms with Gasteiger partial charge in [-0.3, -0.25) is 0 Å². The lowest BCUT2D eigenvalue weighted by Crippen LogP contribution is -2.32. The summed E-state index contributed by atoms with van der Waals surface area (Å²) in [6.45, 7) is 0.304. The van der Waals surface area contributed by atoms with E-state index in [0.717, 1.165) is 25.7 Å². The largest absolute Gasteiger partial charge is 0.491 e. The van der Waals surface area contributed by atoms with Crippen molar-refractivity contribution in [2.75, 3.05) is 6.61 Å². The monoisotopic (exact) mass is 210 g/mol. The van der Waals surface area contributed by atoms with Gasteiger partial charge in [0.2, 0.25) is 0 Å². The van der Waals surface area contributed by atoms with Gasteiger partial charge in [-0.2, -0.15) is 0 Å². The molecule has 0 unspecified atom stereocenters. The number of hydrogen-bond acceptors (Lipinski definition) is 2. The van der Waals surface area contributed by atoms with Crippen LogP contribution in [0, 0.1) is 5.82 Å². The molecular formula is C12H15FO2. The van der Waals surface area contributed by atoms with Gasteiger partial charge >= 0.3 is 0 Å². The standard InChI is InChI=1S/C12H15FO2/c13-10-3-5-11(6-4-10)15-9-12(14)7-1-2-8-12/h3-6,14H,1-2,7-9H2. The first kappa shape index (κ1) is 10.4. The summed E-state index contributed by atoms with van der Waals surface area (Å²) < 4.78 is 18.0. The van der Waals surface area contributed by atoms with E-state index in [0.29, 0.717) is 12.4 Å². The van der Waals surface area contributed by atoms with Crippen LogP contribution in [0.3, 0.4) is 0 Å². The number of rotatable bonds is 3. The lowest BCUT2D eigenvalue weighted by atomic mass is 10.0. The summed E-state index contributed by atoms with van der Waals surface area (Å²) in [5.74, 6) is 0.332. The minimum absolute atomic E-state index is 0.276. The second kappa shape index (κ2) is 4.19. The Balaban J connectivity index is 1.90. The topological polar surface area (TPSA) is 29.5 Å². The Morgan fingerprint density at radius 1 is 1.20 bits per heavy atom. The van der Waals surface area contributed by atoms with Crippen molar-refractivity contribution in [2.24, 2.45) is 0 Å². The molecule has 1 N–H and O–H groups in total. The van der Waals surface area contributed by atoms with Crippen LogP contribution in [0.4, 0.5) is 4.39 Å². The molecule has 2 rings (SSSR count). The van der Waals surface area contributed by atoms with Gasteiger partial charge < -0.3 is 9.84 Å². The van der Waals surface area contributed by atoms with Crippen molar-refractivity contribution in [3.8, 4) is 5.75 Å². The van der Waals surface area contributed by atoms with Crippen molar-refractivity contribution in [3.63, 3.8) is 0 Å². The lowest BCUT2D eigenvalue weighted by molar-refractivity contribution is 0.00139. The number of aliphatic hydroxyl groups is 1. The average molecular weight is 210 g/mol. The Kier molecular flexibility index (Phi) is 2.91. The van der Waals surface area contributed by atoms with Crippen LogP contribution >= 0.6 is 0 Å². The molecular weight excluding hydrogens is 195 g/mol. The highest BCUT2D eigenvalue weighted by atomic mass is 19.1.